The molecule has 2 aromatic carbocycles. The molecule has 0 aliphatic heterocycles. The lowest BCUT2D eigenvalue weighted by atomic mass is 9.91. The molecule has 0 bridgehead atoms. The third-order valence-corrected chi connectivity index (χ3v) is 3.08. The van der Waals surface area contributed by atoms with Gasteiger partial charge in [0.2, 0.25) is 0 Å². The maximum absolute atomic E-state index is 10.3. The topological polar surface area (TPSA) is 20.2 Å². The molecule has 1 heteroatoms. The lowest BCUT2D eigenvalue weighted by molar-refractivity contribution is 0.117. The summed E-state index contributed by atoms with van der Waals surface area (Å²) in [5, 5.41) is 10.3. The van der Waals surface area contributed by atoms with Crippen LogP contribution in [-0.4, -0.2) is 5.11 Å². The summed E-state index contributed by atoms with van der Waals surface area (Å²) in [5.41, 5.74) is 2.27. The summed E-state index contributed by atoms with van der Waals surface area (Å²) in [7, 11) is 0. The minimum Gasteiger partial charge on any atom is -0.388 e. The number of hydrogen-bond acceptors (Lipinski definition) is 1. The first-order chi connectivity index (χ1) is 8.27. The molecular formula is C16H18O. The monoisotopic (exact) mass is 226 g/mol. The predicted molar refractivity (Wildman–Crippen MR) is 70.7 cm³/mol. The fourth-order valence-corrected chi connectivity index (χ4v) is 2.08. The van der Waals surface area contributed by atoms with Crippen LogP contribution in [0, 0.1) is 5.92 Å². The maximum atomic E-state index is 10.3. The Hall–Kier alpha value is -1.60. The van der Waals surface area contributed by atoms with E-state index in [4.69, 9.17) is 0 Å². The molecule has 0 spiro atoms. The standard InChI is InChI=1S/C16H18O/c1-13(12-14-8-4-2-5-9-14)16(17)15-10-6-3-7-11-15/h2-11,13,16-17H,12H2,1H3. The van der Waals surface area contributed by atoms with Gasteiger partial charge in [0.1, 0.15) is 0 Å². The van der Waals surface area contributed by atoms with Crippen molar-refractivity contribution in [1.82, 2.24) is 0 Å². The third-order valence-electron chi connectivity index (χ3n) is 3.08. The van der Waals surface area contributed by atoms with Crippen LogP contribution in [0.4, 0.5) is 0 Å². The zero-order chi connectivity index (χ0) is 12.1. The highest BCUT2D eigenvalue weighted by atomic mass is 16.3. The molecule has 0 saturated carbocycles. The normalized spacial score (nSPS) is 14.2. The Labute approximate surface area is 103 Å². The van der Waals surface area contributed by atoms with Gasteiger partial charge in [-0.2, -0.15) is 0 Å². The van der Waals surface area contributed by atoms with Crippen molar-refractivity contribution >= 4 is 0 Å². The third kappa shape index (κ3) is 3.18. The predicted octanol–water partition coefficient (Wildman–Crippen LogP) is 3.60. The summed E-state index contributed by atoms with van der Waals surface area (Å²) in [5.74, 6) is 0.222. The molecule has 2 unspecified atom stereocenters. The molecule has 2 aromatic rings. The van der Waals surface area contributed by atoms with E-state index in [1.165, 1.54) is 5.56 Å². The van der Waals surface area contributed by atoms with Crippen LogP contribution in [0.15, 0.2) is 60.7 Å². The molecule has 1 nitrogen and oxygen atoms in total. The van der Waals surface area contributed by atoms with Crippen LogP contribution in [0.1, 0.15) is 24.2 Å². The zero-order valence-electron chi connectivity index (χ0n) is 10.1. The van der Waals surface area contributed by atoms with Crippen molar-refractivity contribution in [2.24, 2.45) is 5.92 Å². The molecule has 2 rings (SSSR count). The zero-order valence-corrected chi connectivity index (χ0v) is 10.1. The molecule has 0 aliphatic rings. The molecule has 0 fully saturated rings. The highest BCUT2D eigenvalue weighted by Gasteiger charge is 2.16. The van der Waals surface area contributed by atoms with Crippen LogP contribution in [0.3, 0.4) is 0 Å². The molecule has 88 valence electrons. The number of aliphatic hydroxyl groups excluding tert-OH is 1. The van der Waals surface area contributed by atoms with E-state index in [-0.39, 0.29) is 5.92 Å². The summed E-state index contributed by atoms with van der Waals surface area (Å²) in [6.07, 6.45) is 0.507. The van der Waals surface area contributed by atoms with E-state index < -0.39 is 6.10 Å². The Kier molecular flexibility index (Phi) is 3.94. The van der Waals surface area contributed by atoms with Gasteiger partial charge in [0, 0.05) is 0 Å². The second-order valence-corrected chi connectivity index (χ2v) is 4.52. The number of benzene rings is 2. The summed E-state index contributed by atoms with van der Waals surface area (Å²) in [6.45, 7) is 2.09. The van der Waals surface area contributed by atoms with E-state index in [1.54, 1.807) is 0 Å². The van der Waals surface area contributed by atoms with Crippen molar-refractivity contribution < 1.29 is 5.11 Å². The molecule has 0 heterocycles. The largest absolute Gasteiger partial charge is 0.388 e. The Morgan fingerprint density at radius 1 is 0.882 bits per heavy atom. The first kappa shape index (κ1) is 11.9. The molecule has 2 atom stereocenters. The smallest absolute Gasteiger partial charge is 0.0818 e. The molecule has 0 aromatic heterocycles. The first-order valence-electron chi connectivity index (χ1n) is 6.04. The summed E-state index contributed by atoms with van der Waals surface area (Å²) in [4.78, 5) is 0. The van der Waals surface area contributed by atoms with Crippen LogP contribution in [0.2, 0.25) is 0 Å². The summed E-state index contributed by atoms with van der Waals surface area (Å²) >= 11 is 0. The Morgan fingerprint density at radius 3 is 2.00 bits per heavy atom. The number of aliphatic hydroxyl groups is 1. The van der Waals surface area contributed by atoms with Gasteiger partial charge >= 0.3 is 0 Å². The molecule has 0 radical (unpaired) electrons. The van der Waals surface area contributed by atoms with Gasteiger partial charge in [0.05, 0.1) is 6.10 Å². The van der Waals surface area contributed by atoms with Gasteiger partial charge in [-0.25, -0.2) is 0 Å². The van der Waals surface area contributed by atoms with Gasteiger partial charge in [-0.1, -0.05) is 67.6 Å². The van der Waals surface area contributed by atoms with Crippen molar-refractivity contribution in [2.75, 3.05) is 0 Å². The lowest BCUT2D eigenvalue weighted by Crippen LogP contribution is -2.11. The van der Waals surface area contributed by atoms with Gasteiger partial charge in [0.15, 0.2) is 0 Å². The molecule has 0 saturated heterocycles. The van der Waals surface area contributed by atoms with Gasteiger partial charge in [0.25, 0.3) is 0 Å². The fourth-order valence-electron chi connectivity index (χ4n) is 2.08. The van der Waals surface area contributed by atoms with E-state index in [1.807, 2.05) is 48.5 Å². The van der Waals surface area contributed by atoms with Crippen molar-refractivity contribution in [3.8, 4) is 0 Å². The van der Waals surface area contributed by atoms with E-state index in [2.05, 4.69) is 19.1 Å². The Morgan fingerprint density at radius 2 is 1.41 bits per heavy atom. The van der Waals surface area contributed by atoms with Gasteiger partial charge in [-0.15, -0.1) is 0 Å². The minimum absolute atomic E-state index is 0.222. The second kappa shape index (κ2) is 5.65. The summed E-state index contributed by atoms with van der Waals surface area (Å²) < 4.78 is 0. The number of rotatable bonds is 4. The minimum atomic E-state index is -0.392. The molecular weight excluding hydrogens is 208 g/mol. The van der Waals surface area contributed by atoms with Crippen LogP contribution in [-0.2, 0) is 6.42 Å². The Bertz CT molecular complexity index is 436. The molecule has 17 heavy (non-hydrogen) atoms. The van der Waals surface area contributed by atoms with Gasteiger partial charge < -0.3 is 5.11 Å². The van der Waals surface area contributed by atoms with Crippen LogP contribution < -0.4 is 0 Å². The lowest BCUT2D eigenvalue weighted by Gasteiger charge is -2.19. The van der Waals surface area contributed by atoms with E-state index in [0.29, 0.717) is 0 Å². The van der Waals surface area contributed by atoms with E-state index >= 15 is 0 Å². The Balaban J connectivity index is 2.03. The van der Waals surface area contributed by atoms with Crippen molar-refractivity contribution in [3.05, 3.63) is 71.8 Å². The second-order valence-electron chi connectivity index (χ2n) is 4.52. The van der Waals surface area contributed by atoms with Crippen LogP contribution in [0.25, 0.3) is 0 Å². The average molecular weight is 226 g/mol. The first-order valence-corrected chi connectivity index (χ1v) is 6.04. The van der Waals surface area contributed by atoms with Gasteiger partial charge in [-0.3, -0.25) is 0 Å². The van der Waals surface area contributed by atoms with Crippen LogP contribution >= 0.6 is 0 Å². The molecule has 0 aliphatic carbocycles. The SMILES string of the molecule is CC(Cc1ccccc1)C(O)c1ccccc1. The van der Waals surface area contributed by atoms with Crippen molar-refractivity contribution in [1.29, 1.82) is 0 Å². The highest BCUT2D eigenvalue weighted by Crippen LogP contribution is 2.24. The maximum Gasteiger partial charge on any atom is 0.0818 e. The van der Waals surface area contributed by atoms with Gasteiger partial charge in [-0.05, 0) is 23.5 Å². The van der Waals surface area contributed by atoms with E-state index in [0.717, 1.165) is 12.0 Å². The van der Waals surface area contributed by atoms with Crippen LogP contribution in [0.5, 0.6) is 0 Å². The van der Waals surface area contributed by atoms with Crippen molar-refractivity contribution in [3.63, 3.8) is 0 Å². The fraction of sp³-hybridized carbons (Fsp3) is 0.250. The molecule has 0 amide bonds. The number of hydrogen-bond donors (Lipinski definition) is 1. The highest BCUT2D eigenvalue weighted by molar-refractivity contribution is 5.20. The molecule has 1 N–H and O–H groups in total. The summed E-state index contributed by atoms with van der Waals surface area (Å²) in [6, 6.07) is 20.2. The average Bonchev–Trinajstić information content (AvgIpc) is 2.40. The quantitative estimate of drug-likeness (QED) is 0.844. The van der Waals surface area contributed by atoms with Crippen molar-refractivity contribution in [2.45, 2.75) is 19.4 Å². The van der Waals surface area contributed by atoms with E-state index in [9.17, 15) is 5.11 Å².